The standard InChI is InChI=1S/C12H19N3O2/c1-17-11-4-5-14(9-11)6-7-15-8-10(13)2-3-12(15)16/h2-3,8,11H,4-7,9,13H2,1H3. The Balaban J connectivity index is 1.90. The number of nitrogens with zero attached hydrogens (tertiary/aromatic N) is 2. The summed E-state index contributed by atoms with van der Waals surface area (Å²) in [5, 5.41) is 0. The summed E-state index contributed by atoms with van der Waals surface area (Å²) in [6, 6.07) is 3.15. The quantitative estimate of drug-likeness (QED) is 0.810. The molecule has 1 fully saturated rings. The molecule has 0 aromatic carbocycles. The molecule has 1 aromatic rings. The van der Waals surface area contributed by atoms with Gasteiger partial charge in [-0.05, 0) is 12.5 Å². The zero-order chi connectivity index (χ0) is 12.3. The summed E-state index contributed by atoms with van der Waals surface area (Å²) in [5.41, 5.74) is 6.29. The average molecular weight is 237 g/mol. The topological polar surface area (TPSA) is 60.5 Å². The summed E-state index contributed by atoms with van der Waals surface area (Å²) in [7, 11) is 1.75. The average Bonchev–Trinajstić information content (AvgIpc) is 2.78. The van der Waals surface area contributed by atoms with Crippen LogP contribution in [0.4, 0.5) is 5.69 Å². The number of aromatic nitrogens is 1. The molecule has 5 nitrogen and oxygen atoms in total. The Morgan fingerprint density at radius 1 is 1.47 bits per heavy atom. The maximum absolute atomic E-state index is 11.6. The van der Waals surface area contributed by atoms with Crippen molar-refractivity contribution < 1.29 is 4.74 Å². The lowest BCUT2D eigenvalue weighted by molar-refractivity contribution is 0.107. The van der Waals surface area contributed by atoms with Gasteiger partial charge in [0.2, 0.25) is 0 Å². The molecule has 0 aliphatic carbocycles. The van der Waals surface area contributed by atoms with Gasteiger partial charge >= 0.3 is 0 Å². The van der Waals surface area contributed by atoms with Gasteiger partial charge in [-0.15, -0.1) is 0 Å². The molecule has 0 amide bonds. The molecule has 2 heterocycles. The minimum Gasteiger partial charge on any atom is -0.398 e. The van der Waals surface area contributed by atoms with E-state index in [0.29, 0.717) is 18.3 Å². The van der Waals surface area contributed by atoms with E-state index >= 15 is 0 Å². The Morgan fingerprint density at radius 3 is 3.00 bits per heavy atom. The first-order valence-electron chi connectivity index (χ1n) is 5.90. The van der Waals surface area contributed by atoms with E-state index in [0.717, 1.165) is 26.1 Å². The Hall–Kier alpha value is -1.33. The smallest absolute Gasteiger partial charge is 0.250 e. The minimum absolute atomic E-state index is 0.00156. The number of rotatable bonds is 4. The van der Waals surface area contributed by atoms with Gasteiger partial charge in [-0.1, -0.05) is 0 Å². The summed E-state index contributed by atoms with van der Waals surface area (Å²) in [4.78, 5) is 13.9. The highest BCUT2D eigenvalue weighted by atomic mass is 16.5. The largest absolute Gasteiger partial charge is 0.398 e. The molecule has 0 spiro atoms. The lowest BCUT2D eigenvalue weighted by Gasteiger charge is -2.16. The third-order valence-electron chi connectivity index (χ3n) is 3.23. The number of ether oxygens (including phenoxy) is 1. The summed E-state index contributed by atoms with van der Waals surface area (Å²) >= 11 is 0. The molecule has 1 aliphatic heterocycles. The second kappa shape index (κ2) is 5.33. The van der Waals surface area contributed by atoms with Crippen LogP contribution in [-0.2, 0) is 11.3 Å². The van der Waals surface area contributed by atoms with Crippen LogP contribution in [0.25, 0.3) is 0 Å². The van der Waals surface area contributed by atoms with E-state index in [1.807, 2.05) is 0 Å². The van der Waals surface area contributed by atoms with Crippen molar-refractivity contribution in [3.63, 3.8) is 0 Å². The first-order chi connectivity index (χ1) is 8.19. The second-order valence-electron chi connectivity index (χ2n) is 4.44. The van der Waals surface area contributed by atoms with E-state index in [1.165, 1.54) is 6.07 Å². The van der Waals surface area contributed by atoms with Gasteiger partial charge in [-0.2, -0.15) is 0 Å². The van der Waals surface area contributed by atoms with Crippen molar-refractivity contribution in [3.05, 3.63) is 28.7 Å². The number of hydrogen-bond acceptors (Lipinski definition) is 4. The van der Waals surface area contributed by atoms with Crippen LogP contribution >= 0.6 is 0 Å². The van der Waals surface area contributed by atoms with Crippen molar-refractivity contribution in [3.8, 4) is 0 Å². The normalized spacial score (nSPS) is 20.9. The van der Waals surface area contributed by atoms with Crippen LogP contribution in [0, 0.1) is 0 Å². The fourth-order valence-corrected chi connectivity index (χ4v) is 2.17. The molecule has 1 aliphatic rings. The number of nitrogens with two attached hydrogens (primary N) is 1. The molecule has 0 saturated carbocycles. The van der Waals surface area contributed by atoms with E-state index in [4.69, 9.17) is 10.5 Å². The fourth-order valence-electron chi connectivity index (χ4n) is 2.17. The third-order valence-corrected chi connectivity index (χ3v) is 3.23. The first kappa shape index (κ1) is 12.1. The van der Waals surface area contributed by atoms with Crippen LogP contribution in [0.1, 0.15) is 6.42 Å². The number of anilines is 1. The molecular weight excluding hydrogens is 218 g/mol. The van der Waals surface area contributed by atoms with Gasteiger partial charge < -0.3 is 15.0 Å². The van der Waals surface area contributed by atoms with Crippen molar-refractivity contribution in [1.82, 2.24) is 9.47 Å². The van der Waals surface area contributed by atoms with Crippen molar-refractivity contribution in [2.75, 3.05) is 32.5 Å². The van der Waals surface area contributed by atoms with Crippen molar-refractivity contribution in [2.45, 2.75) is 19.1 Å². The molecule has 94 valence electrons. The zero-order valence-corrected chi connectivity index (χ0v) is 10.1. The van der Waals surface area contributed by atoms with Gasteiger partial charge in [-0.3, -0.25) is 9.69 Å². The molecule has 2 N–H and O–H groups in total. The Bertz CT molecular complexity index is 430. The van der Waals surface area contributed by atoms with Crippen molar-refractivity contribution in [1.29, 1.82) is 0 Å². The first-order valence-corrected chi connectivity index (χ1v) is 5.90. The maximum Gasteiger partial charge on any atom is 0.250 e. The number of methoxy groups -OCH3 is 1. The van der Waals surface area contributed by atoms with Gasteiger partial charge in [0.05, 0.1) is 6.10 Å². The van der Waals surface area contributed by atoms with Crippen LogP contribution in [0.5, 0.6) is 0 Å². The molecule has 0 bridgehead atoms. The van der Waals surface area contributed by atoms with Gasteiger partial charge in [0, 0.05) is 51.2 Å². The van der Waals surface area contributed by atoms with E-state index in [9.17, 15) is 4.79 Å². The monoisotopic (exact) mass is 237 g/mol. The number of hydrogen-bond donors (Lipinski definition) is 1. The van der Waals surface area contributed by atoms with E-state index in [1.54, 1.807) is 23.9 Å². The lowest BCUT2D eigenvalue weighted by atomic mass is 10.3. The van der Waals surface area contributed by atoms with Crippen molar-refractivity contribution >= 4 is 5.69 Å². The van der Waals surface area contributed by atoms with Gasteiger partial charge in [-0.25, -0.2) is 0 Å². The number of likely N-dealkylation sites (tertiary alicyclic amines) is 1. The lowest BCUT2D eigenvalue weighted by Crippen LogP contribution is -2.30. The van der Waals surface area contributed by atoms with Crippen LogP contribution in [0.15, 0.2) is 23.1 Å². The van der Waals surface area contributed by atoms with Crippen LogP contribution in [0.2, 0.25) is 0 Å². The zero-order valence-electron chi connectivity index (χ0n) is 10.1. The number of nitrogen functional groups attached to an aromatic ring is 1. The van der Waals surface area contributed by atoms with E-state index in [-0.39, 0.29) is 5.56 Å². The molecule has 17 heavy (non-hydrogen) atoms. The maximum atomic E-state index is 11.6. The Morgan fingerprint density at radius 2 is 2.29 bits per heavy atom. The summed E-state index contributed by atoms with van der Waals surface area (Å²) in [6.07, 6.45) is 3.11. The summed E-state index contributed by atoms with van der Waals surface area (Å²) in [5.74, 6) is 0. The highest BCUT2D eigenvalue weighted by Crippen LogP contribution is 2.11. The number of pyridine rings is 1. The summed E-state index contributed by atoms with van der Waals surface area (Å²) in [6.45, 7) is 3.53. The summed E-state index contributed by atoms with van der Waals surface area (Å²) < 4.78 is 6.97. The van der Waals surface area contributed by atoms with E-state index < -0.39 is 0 Å². The predicted octanol–water partition coefficient (Wildman–Crippen LogP) is 0.151. The SMILES string of the molecule is COC1CCN(CCn2cc(N)ccc2=O)C1. The molecule has 5 heteroatoms. The van der Waals surface area contributed by atoms with Gasteiger partial charge in [0.15, 0.2) is 0 Å². The molecule has 1 aromatic heterocycles. The van der Waals surface area contributed by atoms with Crippen molar-refractivity contribution in [2.24, 2.45) is 0 Å². The molecule has 2 rings (SSSR count). The molecule has 1 saturated heterocycles. The predicted molar refractivity (Wildman–Crippen MR) is 67.0 cm³/mol. The Labute approximate surface area is 101 Å². The van der Waals surface area contributed by atoms with Gasteiger partial charge in [0.1, 0.15) is 0 Å². The molecule has 1 unspecified atom stereocenters. The van der Waals surface area contributed by atoms with Crippen LogP contribution < -0.4 is 11.3 Å². The second-order valence-corrected chi connectivity index (χ2v) is 4.44. The molecular formula is C12H19N3O2. The highest BCUT2D eigenvalue weighted by molar-refractivity contribution is 5.33. The highest BCUT2D eigenvalue weighted by Gasteiger charge is 2.21. The minimum atomic E-state index is 0.00156. The fraction of sp³-hybridized carbons (Fsp3) is 0.583. The van der Waals surface area contributed by atoms with E-state index in [2.05, 4.69) is 4.90 Å². The van der Waals surface area contributed by atoms with Crippen LogP contribution in [0.3, 0.4) is 0 Å². The van der Waals surface area contributed by atoms with Crippen LogP contribution in [-0.4, -0.2) is 42.3 Å². The Kier molecular flexibility index (Phi) is 3.81. The third kappa shape index (κ3) is 3.08. The van der Waals surface area contributed by atoms with Gasteiger partial charge in [0.25, 0.3) is 5.56 Å². The molecule has 0 radical (unpaired) electrons. The molecule has 1 atom stereocenters.